The Kier molecular flexibility index (Phi) is 7.98. The lowest BCUT2D eigenvalue weighted by molar-refractivity contribution is -0.123. The van der Waals surface area contributed by atoms with Crippen LogP contribution in [0.4, 0.5) is 4.79 Å². The Bertz CT molecular complexity index is 1560. The van der Waals surface area contributed by atoms with Crippen LogP contribution >= 0.6 is 66.8 Å². The van der Waals surface area contributed by atoms with Gasteiger partial charge in [-0.1, -0.05) is 71.7 Å². The van der Waals surface area contributed by atoms with Gasteiger partial charge < -0.3 is 4.74 Å². The highest BCUT2D eigenvalue weighted by Crippen LogP contribution is 2.39. The van der Waals surface area contributed by atoms with E-state index in [4.69, 9.17) is 27.9 Å². The van der Waals surface area contributed by atoms with Crippen molar-refractivity contribution in [1.29, 1.82) is 0 Å². The van der Waals surface area contributed by atoms with Crippen molar-refractivity contribution in [3.05, 3.63) is 113 Å². The molecule has 1 saturated heterocycles. The Morgan fingerprint density at radius 2 is 1.62 bits per heavy atom. The van der Waals surface area contributed by atoms with E-state index >= 15 is 0 Å². The summed E-state index contributed by atoms with van der Waals surface area (Å²) in [6.07, 6.45) is 1.71. The third-order valence-corrected chi connectivity index (χ3v) is 8.46. The Balaban J connectivity index is 1.34. The molecule has 0 bridgehead atoms. The number of ether oxygens (including phenoxy) is 1. The first-order chi connectivity index (χ1) is 17.8. The van der Waals surface area contributed by atoms with Crippen molar-refractivity contribution in [2.45, 2.75) is 13.2 Å². The summed E-state index contributed by atoms with van der Waals surface area (Å²) in [5, 5.41) is 2.88. The van der Waals surface area contributed by atoms with Crippen LogP contribution in [0.25, 0.3) is 16.8 Å². The van der Waals surface area contributed by atoms with Gasteiger partial charge >= 0.3 is 0 Å². The van der Waals surface area contributed by atoms with E-state index in [0.717, 1.165) is 39.2 Å². The normalized spacial score (nSPS) is 14.7. The van der Waals surface area contributed by atoms with Crippen LogP contribution in [-0.2, 0) is 17.9 Å². The van der Waals surface area contributed by atoms with Crippen LogP contribution in [0.5, 0.6) is 5.75 Å². The van der Waals surface area contributed by atoms with E-state index in [0.29, 0.717) is 29.6 Å². The zero-order chi connectivity index (χ0) is 26.1. The maximum absolute atomic E-state index is 13.2. The second-order valence-corrected chi connectivity index (χ2v) is 11.8. The molecular formula is C28H17Br2Cl2NO3S. The summed E-state index contributed by atoms with van der Waals surface area (Å²) in [6.45, 7) is 0.469. The van der Waals surface area contributed by atoms with Gasteiger partial charge in [0.1, 0.15) is 12.4 Å². The lowest BCUT2D eigenvalue weighted by Crippen LogP contribution is -2.27. The molecule has 37 heavy (non-hydrogen) atoms. The van der Waals surface area contributed by atoms with Gasteiger partial charge in [-0.3, -0.25) is 14.5 Å². The van der Waals surface area contributed by atoms with Crippen molar-refractivity contribution in [3.8, 4) is 5.75 Å². The molecule has 1 aliphatic heterocycles. The van der Waals surface area contributed by atoms with E-state index in [-0.39, 0.29) is 24.3 Å². The van der Waals surface area contributed by atoms with Gasteiger partial charge in [-0.2, -0.15) is 0 Å². The Morgan fingerprint density at radius 3 is 2.38 bits per heavy atom. The molecule has 0 aliphatic carbocycles. The van der Waals surface area contributed by atoms with Gasteiger partial charge in [0.2, 0.25) is 0 Å². The number of carbonyl (C=O) groups is 2. The van der Waals surface area contributed by atoms with Crippen LogP contribution in [0.3, 0.4) is 0 Å². The molecule has 0 saturated carbocycles. The van der Waals surface area contributed by atoms with Crippen molar-refractivity contribution in [3.63, 3.8) is 0 Å². The van der Waals surface area contributed by atoms with Crippen LogP contribution in [-0.4, -0.2) is 16.0 Å². The summed E-state index contributed by atoms with van der Waals surface area (Å²) < 4.78 is 7.36. The Morgan fingerprint density at radius 1 is 0.892 bits per heavy atom. The number of fused-ring (bicyclic) bond motifs is 1. The van der Waals surface area contributed by atoms with Gasteiger partial charge in [0.15, 0.2) is 0 Å². The van der Waals surface area contributed by atoms with E-state index in [1.54, 1.807) is 18.2 Å². The van der Waals surface area contributed by atoms with Crippen molar-refractivity contribution in [2.75, 3.05) is 0 Å². The third-order valence-electron chi connectivity index (χ3n) is 5.79. The minimum Gasteiger partial charge on any atom is -0.486 e. The molecule has 9 heteroatoms. The van der Waals surface area contributed by atoms with E-state index < -0.39 is 0 Å². The minimum atomic E-state index is -0.312. The number of hydrogen-bond acceptors (Lipinski definition) is 4. The fourth-order valence-corrected chi connectivity index (χ4v) is 6.73. The van der Waals surface area contributed by atoms with Crippen molar-refractivity contribution < 1.29 is 14.3 Å². The maximum atomic E-state index is 13.2. The van der Waals surface area contributed by atoms with Crippen LogP contribution < -0.4 is 4.74 Å². The molecule has 1 aliphatic rings. The van der Waals surface area contributed by atoms with E-state index in [9.17, 15) is 9.59 Å². The topological polar surface area (TPSA) is 46.6 Å². The van der Waals surface area contributed by atoms with Crippen molar-refractivity contribution in [1.82, 2.24) is 4.90 Å². The smallest absolute Gasteiger partial charge is 0.293 e. The maximum Gasteiger partial charge on any atom is 0.293 e. The summed E-state index contributed by atoms with van der Waals surface area (Å²) in [7, 11) is 0. The van der Waals surface area contributed by atoms with Crippen LogP contribution in [0.2, 0.25) is 10.0 Å². The molecule has 4 nitrogen and oxygen atoms in total. The lowest BCUT2D eigenvalue weighted by atomic mass is 10.0. The second kappa shape index (κ2) is 11.2. The number of carbonyl (C=O) groups excluding carboxylic acids is 2. The van der Waals surface area contributed by atoms with E-state index in [1.165, 1.54) is 4.90 Å². The zero-order valence-corrected chi connectivity index (χ0v) is 24.5. The standard InChI is InChI=1S/C28H17Br2Cl2NO3S/c29-22-10-16(11-23(30)26(22)36-15-19-8-9-20(31)13-24(19)32)12-25-27(34)33(28(35)37-25)14-18-6-3-5-17-4-1-2-7-21(17)18/h1-13H,14-15H2/b25-12-. The molecule has 186 valence electrons. The zero-order valence-electron chi connectivity index (χ0n) is 19.0. The van der Waals surface area contributed by atoms with Gasteiger partial charge in [-0.05, 0) is 95.9 Å². The molecule has 0 radical (unpaired) electrons. The van der Waals surface area contributed by atoms with E-state index in [1.807, 2.05) is 60.7 Å². The van der Waals surface area contributed by atoms with Gasteiger partial charge in [0.25, 0.3) is 11.1 Å². The number of halogens is 4. The molecule has 1 heterocycles. The average molecular weight is 678 g/mol. The number of imide groups is 1. The van der Waals surface area contributed by atoms with Crippen LogP contribution in [0.15, 0.2) is 86.6 Å². The largest absolute Gasteiger partial charge is 0.486 e. The van der Waals surface area contributed by atoms with Gasteiger partial charge in [-0.25, -0.2) is 0 Å². The van der Waals surface area contributed by atoms with Gasteiger partial charge in [0, 0.05) is 15.6 Å². The molecule has 0 spiro atoms. The molecular weight excluding hydrogens is 661 g/mol. The fraction of sp³-hybridized carbons (Fsp3) is 0.0714. The molecule has 0 aromatic heterocycles. The summed E-state index contributed by atoms with van der Waals surface area (Å²) in [5.41, 5.74) is 2.47. The highest BCUT2D eigenvalue weighted by atomic mass is 79.9. The van der Waals surface area contributed by atoms with Crippen LogP contribution in [0, 0.1) is 0 Å². The molecule has 0 atom stereocenters. The highest BCUT2D eigenvalue weighted by Gasteiger charge is 2.35. The molecule has 5 rings (SSSR count). The number of nitrogens with zero attached hydrogens (tertiary/aromatic N) is 1. The second-order valence-electron chi connectivity index (χ2n) is 8.24. The summed E-state index contributed by atoms with van der Waals surface area (Å²) >= 11 is 20.3. The number of thioether (sulfide) groups is 1. The molecule has 4 aromatic rings. The first-order valence-corrected chi connectivity index (χ1v) is 14.2. The predicted molar refractivity (Wildman–Crippen MR) is 158 cm³/mol. The molecule has 0 unspecified atom stereocenters. The quantitative estimate of drug-likeness (QED) is 0.191. The number of rotatable bonds is 6. The Hall–Kier alpha value is -2.29. The third kappa shape index (κ3) is 5.76. The fourth-order valence-electron chi connectivity index (χ4n) is 3.98. The number of hydrogen-bond donors (Lipinski definition) is 0. The minimum absolute atomic E-state index is 0.219. The van der Waals surface area contributed by atoms with Crippen molar-refractivity contribution in [2.24, 2.45) is 0 Å². The number of amides is 2. The van der Waals surface area contributed by atoms with Crippen LogP contribution in [0.1, 0.15) is 16.7 Å². The Labute approximate surface area is 244 Å². The molecule has 2 amide bonds. The van der Waals surface area contributed by atoms with Gasteiger partial charge in [-0.15, -0.1) is 0 Å². The molecule has 1 fully saturated rings. The van der Waals surface area contributed by atoms with E-state index in [2.05, 4.69) is 31.9 Å². The lowest BCUT2D eigenvalue weighted by Gasteiger charge is -2.14. The first-order valence-electron chi connectivity index (χ1n) is 11.1. The molecule has 0 N–H and O–H groups in total. The summed E-state index contributed by atoms with van der Waals surface area (Å²) in [5.74, 6) is 0.278. The highest BCUT2D eigenvalue weighted by molar-refractivity contribution is 9.11. The number of benzene rings is 4. The monoisotopic (exact) mass is 675 g/mol. The predicted octanol–water partition coefficient (Wildman–Crippen LogP) is 9.49. The summed E-state index contributed by atoms with van der Waals surface area (Å²) in [6, 6.07) is 22.7. The van der Waals surface area contributed by atoms with Gasteiger partial charge in [0.05, 0.1) is 20.4 Å². The molecule has 4 aromatic carbocycles. The SMILES string of the molecule is O=C1S/C(=C\c2cc(Br)c(OCc3ccc(Cl)cc3Cl)c(Br)c2)C(=O)N1Cc1cccc2ccccc12. The first kappa shape index (κ1) is 26.3. The summed E-state index contributed by atoms with van der Waals surface area (Å²) in [4.78, 5) is 27.6. The average Bonchev–Trinajstić information content (AvgIpc) is 3.12. The van der Waals surface area contributed by atoms with Crippen molar-refractivity contribution >= 4 is 94.8 Å².